The summed E-state index contributed by atoms with van der Waals surface area (Å²) < 4.78 is 12.4. The molecule has 0 aromatic rings. The number of unbranched alkanes of at least 4 members (excludes halogenated alkanes) is 13. The Balaban J connectivity index is 1.41. The third-order valence-electron chi connectivity index (χ3n) is 13.0. The van der Waals surface area contributed by atoms with Crippen molar-refractivity contribution < 1.29 is 24.2 Å². The molecule has 1 heterocycles. The molecule has 0 aromatic heterocycles. The molecule has 6 nitrogen and oxygen atoms in total. The van der Waals surface area contributed by atoms with Crippen molar-refractivity contribution in [1.82, 2.24) is 4.90 Å². The zero-order valence-electron chi connectivity index (χ0n) is 34.7. The summed E-state index contributed by atoms with van der Waals surface area (Å²) in [7, 11) is 0. The van der Waals surface area contributed by atoms with Crippen LogP contribution < -0.4 is 0 Å². The van der Waals surface area contributed by atoms with Gasteiger partial charge in [0.05, 0.1) is 24.2 Å². The fraction of sp³-hybridized carbons (Fsp3) is 0.956. The quantitative estimate of drug-likeness (QED) is 0.0401. The highest BCUT2D eigenvalue weighted by molar-refractivity contribution is 8.17. The van der Waals surface area contributed by atoms with Gasteiger partial charge in [0.15, 0.2) is 0 Å². The number of carbonyl (C=O) groups excluding carboxylic acids is 2. The molecule has 1 saturated heterocycles. The van der Waals surface area contributed by atoms with Gasteiger partial charge >= 0.3 is 11.9 Å². The minimum Gasteiger partial charge on any atom is -0.466 e. The molecular weight excluding hydrogens is 699 g/mol. The van der Waals surface area contributed by atoms with Gasteiger partial charge in [-0.2, -0.15) is 0 Å². The largest absolute Gasteiger partial charge is 0.466 e. The molecule has 4 rings (SSSR count). The van der Waals surface area contributed by atoms with Gasteiger partial charge in [-0.1, -0.05) is 90.9 Å². The number of nitrogens with zero attached hydrogens (tertiary/aromatic N) is 1. The molecule has 3 aliphatic carbocycles. The van der Waals surface area contributed by atoms with Crippen LogP contribution in [-0.2, 0) is 19.1 Å². The lowest BCUT2D eigenvalue weighted by Gasteiger charge is -2.46. The normalized spacial score (nSPS) is 21.3. The summed E-state index contributed by atoms with van der Waals surface area (Å²) in [5.41, 5.74) is 0.242. The maximum atomic E-state index is 13.1. The third kappa shape index (κ3) is 20.5. The Bertz CT molecular complexity index is 900. The van der Waals surface area contributed by atoms with E-state index in [2.05, 4.69) is 42.3 Å². The lowest BCUT2D eigenvalue weighted by atomic mass is 9.59. The Kier molecular flexibility index (Phi) is 25.6. The molecule has 3 saturated carbocycles. The highest BCUT2D eigenvalue weighted by Gasteiger charge is 2.42. The van der Waals surface area contributed by atoms with E-state index in [4.69, 9.17) is 9.47 Å². The van der Waals surface area contributed by atoms with Crippen LogP contribution in [0.25, 0.3) is 0 Å². The first kappa shape index (κ1) is 46.9. The van der Waals surface area contributed by atoms with Crippen LogP contribution in [0.5, 0.6) is 0 Å². The van der Waals surface area contributed by atoms with Gasteiger partial charge in [-0.25, -0.2) is 0 Å². The van der Waals surface area contributed by atoms with Gasteiger partial charge < -0.3 is 19.5 Å². The Labute approximate surface area is 335 Å². The van der Waals surface area contributed by atoms with Crippen LogP contribution in [0.4, 0.5) is 0 Å². The zero-order valence-corrected chi connectivity index (χ0v) is 36.3. The van der Waals surface area contributed by atoms with Crippen LogP contribution >= 0.6 is 23.5 Å². The predicted octanol–water partition coefficient (Wildman–Crippen LogP) is 12.1. The highest BCUT2D eigenvalue weighted by atomic mass is 32.2. The number of hydrogen-bond acceptors (Lipinski definition) is 8. The van der Waals surface area contributed by atoms with Gasteiger partial charge in [0.25, 0.3) is 0 Å². The SMILES string of the molecule is CCCCCCCCCSC(CCC(=O)OCCC1(CCOC(=O)CC23CCC(CC2)CC3)CCN(CCCCO)CC1)SCCCCCCCCC. The molecule has 53 heavy (non-hydrogen) atoms. The van der Waals surface area contributed by atoms with Crippen molar-refractivity contribution in [2.75, 3.05) is 51.0 Å². The van der Waals surface area contributed by atoms with Crippen molar-refractivity contribution in [3.63, 3.8) is 0 Å². The van der Waals surface area contributed by atoms with Gasteiger partial charge in [-0.3, -0.25) is 9.59 Å². The number of likely N-dealkylation sites (tertiary alicyclic amines) is 1. The van der Waals surface area contributed by atoms with Crippen molar-refractivity contribution in [2.45, 2.75) is 205 Å². The van der Waals surface area contributed by atoms with Crippen LogP contribution in [0, 0.1) is 16.7 Å². The average Bonchev–Trinajstić information content (AvgIpc) is 3.17. The molecule has 8 heteroatoms. The first-order chi connectivity index (χ1) is 25.9. The van der Waals surface area contributed by atoms with E-state index >= 15 is 0 Å². The number of rotatable bonds is 33. The van der Waals surface area contributed by atoms with Gasteiger partial charge in [-0.05, 0) is 144 Å². The van der Waals surface area contributed by atoms with E-state index in [1.54, 1.807) is 0 Å². The first-order valence-corrected chi connectivity index (χ1v) is 24.9. The summed E-state index contributed by atoms with van der Waals surface area (Å²) in [6, 6.07) is 0. The summed E-state index contributed by atoms with van der Waals surface area (Å²) in [5, 5.41) is 9.24. The van der Waals surface area contributed by atoms with Crippen molar-refractivity contribution >= 4 is 35.5 Å². The van der Waals surface area contributed by atoms with Crippen molar-refractivity contribution in [3.8, 4) is 0 Å². The number of hydrogen-bond donors (Lipinski definition) is 1. The van der Waals surface area contributed by atoms with E-state index in [9.17, 15) is 14.7 Å². The van der Waals surface area contributed by atoms with E-state index < -0.39 is 0 Å². The predicted molar refractivity (Wildman–Crippen MR) is 228 cm³/mol. The second-order valence-corrected chi connectivity index (χ2v) is 20.2. The number of ether oxygens (including phenoxy) is 2. The lowest BCUT2D eigenvalue weighted by Crippen LogP contribution is -2.42. The van der Waals surface area contributed by atoms with Crippen molar-refractivity contribution in [3.05, 3.63) is 0 Å². The molecular formula is C45H83NO5S2. The van der Waals surface area contributed by atoms with Gasteiger partial charge in [0.1, 0.15) is 0 Å². The molecule has 4 aliphatic rings. The summed E-state index contributed by atoms with van der Waals surface area (Å²) >= 11 is 4.16. The molecule has 0 atom stereocenters. The summed E-state index contributed by atoms with van der Waals surface area (Å²) in [5.74, 6) is 3.24. The molecule has 310 valence electrons. The van der Waals surface area contributed by atoms with Crippen LogP contribution in [-0.4, -0.2) is 77.5 Å². The van der Waals surface area contributed by atoms with E-state index in [1.807, 2.05) is 0 Å². The third-order valence-corrected chi connectivity index (χ3v) is 16.1. The molecule has 2 bridgehead atoms. The summed E-state index contributed by atoms with van der Waals surface area (Å²) in [4.78, 5) is 28.7. The van der Waals surface area contributed by atoms with Crippen molar-refractivity contribution in [1.29, 1.82) is 0 Å². The van der Waals surface area contributed by atoms with Crippen LogP contribution in [0.15, 0.2) is 0 Å². The zero-order chi connectivity index (χ0) is 37.9. The van der Waals surface area contributed by atoms with Gasteiger partial charge in [0, 0.05) is 13.0 Å². The minimum atomic E-state index is -0.0486. The van der Waals surface area contributed by atoms with E-state index in [0.29, 0.717) is 30.6 Å². The van der Waals surface area contributed by atoms with Gasteiger partial charge in [-0.15, -0.1) is 23.5 Å². The number of esters is 2. The Morgan fingerprint density at radius 2 is 1.19 bits per heavy atom. The van der Waals surface area contributed by atoms with Gasteiger partial charge in [0.2, 0.25) is 0 Å². The molecule has 0 spiro atoms. The topological polar surface area (TPSA) is 76.1 Å². The average molecular weight is 782 g/mol. The lowest BCUT2D eigenvalue weighted by molar-refractivity contribution is -0.149. The fourth-order valence-corrected chi connectivity index (χ4v) is 11.9. The smallest absolute Gasteiger partial charge is 0.306 e. The highest BCUT2D eigenvalue weighted by Crippen LogP contribution is 2.52. The summed E-state index contributed by atoms with van der Waals surface area (Å²) in [6.45, 7) is 8.82. The minimum absolute atomic E-state index is 0.00221. The van der Waals surface area contributed by atoms with Crippen LogP contribution in [0.1, 0.15) is 200 Å². The first-order valence-electron chi connectivity index (χ1n) is 22.8. The number of aliphatic hydroxyl groups is 1. The van der Waals surface area contributed by atoms with Crippen LogP contribution in [0.3, 0.4) is 0 Å². The number of carbonyl (C=O) groups is 2. The molecule has 0 unspecified atom stereocenters. The number of fused-ring (bicyclic) bond motifs is 3. The Hall–Kier alpha value is -0.440. The maximum absolute atomic E-state index is 13.1. The molecule has 1 aliphatic heterocycles. The molecule has 0 radical (unpaired) electrons. The fourth-order valence-electron chi connectivity index (χ4n) is 9.12. The number of aliphatic hydroxyl groups excluding tert-OH is 1. The molecule has 1 N–H and O–H groups in total. The second-order valence-electron chi connectivity index (χ2n) is 17.3. The molecule has 0 amide bonds. The van der Waals surface area contributed by atoms with E-state index in [-0.39, 0.29) is 29.4 Å². The standard InChI is InChI=1S/C45H83NO5S2/c1-3-5-7-9-11-13-17-37-52-43(53-38-18-14-12-10-8-6-4-2)20-19-41(48)50-35-29-44(27-32-46(33-28-44)31-15-16-34-47)30-36-51-42(49)39-45-24-21-40(22-25-45)23-26-45/h40,43,47H,3-39H2,1-2H3. The molecule has 4 fully saturated rings. The van der Waals surface area contributed by atoms with E-state index in [0.717, 1.165) is 70.5 Å². The summed E-state index contributed by atoms with van der Waals surface area (Å²) in [6.07, 6.45) is 33.9. The second kappa shape index (κ2) is 28.9. The van der Waals surface area contributed by atoms with Crippen LogP contribution in [0.2, 0.25) is 0 Å². The Morgan fingerprint density at radius 1 is 0.679 bits per heavy atom. The number of thioether (sulfide) groups is 2. The number of piperidine rings is 1. The monoisotopic (exact) mass is 782 g/mol. The van der Waals surface area contributed by atoms with E-state index in [1.165, 1.54) is 140 Å². The molecule has 0 aromatic carbocycles. The maximum Gasteiger partial charge on any atom is 0.306 e. The van der Waals surface area contributed by atoms with Crippen molar-refractivity contribution in [2.24, 2.45) is 16.7 Å². The Morgan fingerprint density at radius 3 is 1.72 bits per heavy atom.